The average Bonchev–Trinajstić information content (AvgIpc) is 3.57. The Kier molecular flexibility index (Phi) is 6.85. The maximum atomic E-state index is 14.2. The second-order valence-corrected chi connectivity index (χ2v) is 12.4. The Balaban J connectivity index is 1.61. The first-order valence-corrected chi connectivity index (χ1v) is 15.6. The maximum Gasteiger partial charge on any atom is 0.416 e. The Bertz CT molecular complexity index is 2550. The minimum atomic E-state index is -4.63. The van der Waals surface area contributed by atoms with Gasteiger partial charge in [-0.15, -0.1) is 0 Å². The Morgan fingerprint density at radius 1 is 0.540 bits per heavy atom. The van der Waals surface area contributed by atoms with Crippen LogP contribution in [0.2, 0.25) is 0 Å². The molecule has 0 saturated heterocycles. The summed E-state index contributed by atoms with van der Waals surface area (Å²) in [6, 6.07) is 27.3. The monoisotopic (exact) mass is 674 g/mol. The normalized spacial score (nSPS) is 12.4. The van der Waals surface area contributed by atoms with E-state index in [2.05, 4.69) is 11.1 Å². The minimum Gasteiger partial charge on any atom is -0.308 e. The first-order valence-electron chi connectivity index (χ1n) is 15.6. The largest absolute Gasteiger partial charge is 0.416 e. The lowest BCUT2D eigenvalue weighted by Gasteiger charge is -2.21. The summed E-state index contributed by atoms with van der Waals surface area (Å²) < 4.78 is 88.5. The number of nitrogens with zero attached hydrogens (tertiary/aromatic N) is 4. The zero-order chi connectivity index (χ0) is 35.1. The second kappa shape index (κ2) is 11.0. The first-order chi connectivity index (χ1) is 23.8. The van der Waals surface area contributed by atoms with Crippen molar-refractivity contribution in [1.82, 2.24) is 14.1 Å². The molecule has 4 nitrogen and oxygen atoms in total. The average molecular weight is 675 g/mol. The van der Waals surface area contributed by atoms with Crippen LogP contribution in [-0.2, 0) is 12.4 Å². The fourth-order valence-corrected chi connectivity index (χ4v) is 6.97. The molecule has 0 aliphatic carbocycles. The van der Waals surface area contributed by atoms with Gasteiger partial charge in [-0.2, -0.15) is 31.6 Å². The van der Waals surface area contributed by atoms with E-state index in [0.29, 0.717) is 55.1 Å². The summed E-state index contributed by atoms with van der Waals surface area (Å²) >= 11 is 0. The summed E-state index contributed by atoms with van der Waals surface area (Å²) in [7, 11) is 0. The quantitative estimate of drug-likeness (QED) is 0.175. The number of hydrogen-bond acceptors (Lipinski definition) is 2. The fraction of sp³-hybridized carbons (Fsp3) is 0.100. The summed E-state index contributed by atoms with van der Waals surface area (Å²) in [6.45, 7) is 3.75. The highest BCUT2D eigenvalue weighted by Crippen LogP contribution is 2.44. The predicted molar refractivity (Wildman–Crippen MR) is 183 cm³/mol. The molecule has 0 N–H and O–H groups in total. The number of alkyl halides is 6. The number of fused-ring (bicyclic) bond motifs is 6. The number of rotatable bonds is 3. The van der Waals surface area contributed by atoms with Crippen LogP contribution in [-0.4, -0.2) is 14.1 Å². The van der Waals surface area contributed by atoms with E-state index in [4.69, 9.17) is 0 Å². The lowest BCUT2D eigenvalue weighted by atomic mass is 9.98. The van der Waals surface area contributed by atoms with Gasteiger partial charge < -0.3 is 9.13 Å². The Morgan fingerprint density at radius 3 is 1.34 bits per heavy atom. The van der Waals surface area contributed by atoms with Crippen LogP contribution < -0.4 is 0 Å². The van der Waals surface area contributed by atoms with Crippen molar-refractivity contribution in [2.75, 3.05) is 0 Å². The van der Waals surface area contributed by atoms with Crippen molar-refractivity contribution in [2.45, 2.75) is 26.2 Å². The highest BCUT2D eigenvalue weighted by atomic mass is 19.4. The molecule has 8 rings (SSSR count). The smallest absolute Gasteiger partial charge is 0.308 e. The lowest BCUT2D eigenvalue weighted by molar-refractivity contribution is -0.138. The van der Waals surface area contributed by atoms with Crippen LogP contribution in [0.1, 0.15) is 27.8 Å². The van der Waals surface area contributed by atoms with Crippen LogP contribution in [0.5, 0.6) is 0 Å². The van der Waals surface area contributed by atoms with Gasteiger partial charge in [0.1, 0.15) is 0 Å². The van der Waals surface area contributed by atoms with Gasteiger partial charge >= 0.3 is 12.4 Å². The number of hydrogen-bond donors (Lipinski definition) is 0. The van der Waals surface area contributed by atoms with Gasteiger partial charge in [-0.25, -0.2) is 0 Å². The molecule has 10 heteroatoms. The summed E-state index contributed by atoms with van der Waals surface area (Å²) in [5, 5.41) is 12.9. The molecular weight excluding hydrogens is 650 g/mol. The second-order valence-electron chi connectivity index (χ2n) is 12.4. The van der Waals surface area contributed by atoms with Crippen LogP contribution in [0, 0.1) is 25.2 Å². The molecule has 3 aromatic heterocycles. The minimum absolute atomic E-state index is 0.164. The molecule has 246 valence electrons. The molecule has 0 aliphatic heterocycles. The van der Waals surface area contributed by atoms with Crippen molar-refractivity contribution in [3.63, 3.8) is 0 Å². The molecule has 0 atom stereocenters. The maximum absolute atomic E-state index is 14.2. The third-order valence-electron chi connectivity index (χ3n) is 9.18. The van der Waals surface area contributed by atoms with Crippen molar-refractivity contribution in [1.29, 1.82) is 5.26 Å². The van der Waals surface area contributed by atoms with Gasteiger partial charge in [-0.05, 0) is 91.2 Å². The number of aromatic nitrogens is 3. The molecule has 50 heavy (non-hydrogen) atoms. The summed E-state index contributed by atoms with van der Waals surface area (Å²) in [6.07, 6.45) is -6.13. The van der Waals surface area contributed by atoms with Crippen molar-refractivity contribution in [3.05, 3.63) is 137 Å². The van der Waals surface area contributed by atoms with E-state index in [0.717, 1.165) is 35.4 Å². The third kappa shape index (κ3) is 4.88. The van der Waals surface area contributed by atoms with Gasteiger partial charge in [0.2, 0.25) is 0 Å². The molecule has 0 radical (unpaired) electrons. The van der Waals surface area contributed by atoms with Crippen molar-refractivity contribution < 1.29 is 26.3 Å². The highest BCUT2D eigenvalue weighted by Gasteiger charge is 2.33. The number of halogens is 6. The molecule has 5 aromatic carbocycles. The molecular formula is C40H24F6N4. The molecule has 0 fully saturated rings. The van der Waals surface area contributed by atoms with Crippen LogP contribution in [0.25, 0.3) is 66.1 Å². The third-order valence-corrected chi connectivity index (χ3v) is 9.18. The zero-order valence-corrected chi connectivity index (χ0v) is 26.4. The van der Waals surface area contributed by atoms with E-state index in [1.807, 2.05) is 50.2 Å². The molecule has 0 amide bonds. The molecule has 8 aromatic rings. The van der Waals surface area contributed by atoms with E-state index in [1.54, 1.807) is 45.8 Å². The van der Waals surface area contributed by atoms with Crippen LogP contribution in [0.15, 0.2) is 109 Å². The van der Waals surface area contributed by atoms with Gasteiger partial charge in [0.05, 0.1) is 56.2 Å². The number of aryl methyl sites for hydroxylation is 2. The van der Waals surface area contributed by atoms with Crippen molar-refractivity contribution in [2.24, 2.45) is 0 Å². The number of pyridine rings is 1. The van der Waals surface area contributed by atoms with Crippen molar-refractivity contribution >= 4 is 43.6 Å². The van der Waals surface area contributed by atoms with Gasteiger partial charge in [-0.3, -0.25) is 4.98 Å². The van der Waals surface area contributed by atoms with E-state index < -0.39 is 23.5 Å². The van der Waals surface area contributed by atoms with Gasteiger partial charge in [0.25, 0.3) is 0 Å². The van der Waals surface area contributed by atoms with Gasteiger partial charge in [-0.1, -0.05) is 36.4 Å². The van der Waals surface area contributed by atoms with E-state index in [-0.39, 0.29) is 16.6 Å². The Labute approximate surface area is 281 Å². The van der Waals surface area contributed by atoms with Gasteiger partial charge in [0.15, 0.2) is 0 Å². The highest BCUT2D eigenvalue weighted by molar-refractivity contribution is 6.12. The molecule has 0 aliphatic rings. The lowest BCUT2D eigenvalue weighted by Crippen LogP contribution is -2.08. The van der Waals surface area contributed by atoms with Crippen molar-refractivity contribution in [3.8, 4) is 28.6 Å². The molecule has 0 unspecified atom stereocenters. The van der Waals surface area contributed by atoms with Crippen LogP contribution in [0.4, 0.5) is 26.3 Å². The van der Waals surface area contributed by atoms with Gasteiger partial charge in [0, 0.05) is 39.5 Å². The standard InChI is InChI=1S/C40H24F6N4/c1-22-3-7-28-30-9-5-26(39(41,42)43)19-34(30)49(32(28)15-22)36-17-24(21-47)18-37(38(36)25-11-13-48-14-12-25)50-33-16-23(2)4-8-29(33)31-10-6-27(20-35(31)50)40(44,45)46/h3-20H,1-2H3. The summed E-state index contributed by atoms with van der Waals surface area (Å²) in [5.41, 5.74) is 3.77. The van der Waals surface area contributed by atoms with Crippen LogP contribution >= 0.6 is 0 Å². The van der Waals surface area contributed by atoms with E-state index in [1.165, 1.54) is 12.1 Å². The SMILES string of the molecule is Cc1ccc2c3ccc(C(F)(F)F)cc3n(-c3cc(C#N)cc(-n4c5cc(C)ccc5c5ccc(C(F)(F)F)cc54)c3-c3ccncc3)c2c1. The number of benzene rings is 5. The fourth-order valence-electron chi connectivity index (χ4n) is 6.97. The topological polar surface area (TPSA) is 46.5 Å². The predicted octanol–water partition coefficient (Wildman–Crippen LogP) is 11.5. The summed E-state index contributed by atoms with van der Waals surface area (Å²) in [4.78, 5) is 4.17. The molecule has 3 heterocycles. The first kappa shape index (κ1) is 31.2. The molecule has 0 bridgehead atoms. The molecule has 0 spiro atoms. The zero-order valence-electron chi connectivity index (χ0n) is 26.4. The van der Waals surface area contributed by atoms with Crippen LogP contribution in [0.3, 0.4) is 0 Å². The van der Waals surface area contributed by atoms with E-state index >= 15 is 0 Å². The van der Waals surface area contributed by atoms with E-state index in [9.17, 15) is 31.6 Å². The summed E-state index contributed by atoms with van der Waals surface area (Å²) in [5.74, 6) is 0. The number of nitriles is 1. The Hall–Kier alpha value is -6.08. The molecule has 0 saturated carbocycles. The Morgan fingerprint density at radius 2 is 0.940 bits per heavy atom.